The molecule has 5 nitrogen and oxygen atoms in total. The third kappa shape index (κ3) is 2.35. The van der Waals surface area contributed by atoms with Crippen molar-refractivity contribution >= 4 is 29.0 Å². The highest BCUT2D eigenvalue weighted by Gasteiger charge is 2.33. The highest BCUT2D eigenvalue weighted by atomic mass is 35.5. The van der Waals surface area contributed by atoms with Crippen LogP contribution in [0.5, 0.6) is 0 Å². The number of hydrogen-bond acceptors (Lipinski definition) is 4. The molecule has 0 saturated heterocycles. The highest BCUT2D eigenvalue weighted by Crippen LogP contribution is 2.37. The van der Waals surface area contributed by atoms with E-state index in [-0.39, 0.29) is 11.2 Å². The Labute approximate surface area is 123 Å². The van der Waals surface area contributed by atoms with Crippen molar-refractivity contribution in [2.75, 3.05) is 23.4 Å². The molecule has 2 heterocycles. The molecule has 2 aliphatic rings. The van der Waals surface area contributed by atoms with Gasteiger partial charge in [0.2, 0.25) is 11.2 Å². The second-order valence-electron chi connectivity index (χ2n) is 5.82. The molecule has 0 spiro atoms. The largest absolute Gasteiger partial charge is 0.351 e. The van der Waals surface area contributed by atoms with Gasteiger partial charge in [0, 0.05) is 26.1 Å². The Morgan fingerprint density at radius 1 is 1.40 bits per heavy atom. The average Bonchev–Trinajstić information content (AvgIpc) is 2.80. The highest BCUT2D eigenvalue weighted by molar-refractivity contribution is 6.28. The van der Waals surface area contributed by atoms with Crippen LogP contribution in [-0.4, -0.2) is 35.5 Å². The first-order valence-corrected chi connectivity index (χ1v) is 7.50. The average molecular weight is 295 g/mol. The zero-order valence-electron chi connectivity index (χ0n) is 11.8. The molecule has 2 atom stereocenters. The fourth-order valence-corrected chi connectivity index (χ4v) is 3.36. The second-order valence-corrected chi connectivity index (χ2v) is 6.15. The zero-order valence-corrected chi connectivity index (χ0v) is 12.6. The fourth-order valence-electron chi connectivity index (χ4n) is 3.23. The number of halogens is 1. The fraction of sp³-hybridized carbons (Fsp3) is 0.643. The minimum atomic E-state index is 0.103. The van der Waals surface area contributed by atoms with Gasteiger partial charge in [0.1, 0.15) is 5.69 Å². The number of aromatic nitrogens is 2. The van der Waals surface area contributed by atoms with E-state index in [0.29, 0.717) is 19.0 Å². The summed E-state index contributed by atoms with van der Waals surface area (Å²) in [4.78, 5) is 24.4. The Hall–Kier alpha value is -1.36. The maximum absolute atomic E-state index is 12.1. The summed E-state index contributed by atoms with van der Waals surface area (Å²) in [6.45, 7) is 2.99. The second kappa shape index (κ2) is 5.20. The van der Waals surface area contributed by atoms with E-state index in [2.05, 4.69) is 21.8 Å². The maximum atomic E-state index is 12.1. The van der Waals surface area contributed by atoms with Gasteiger partial charge in [0.15, 0.2) is 5.82 Å². The van der Waals surface area contributed by atoms with Crippen molar-refractivity contribution in [3.8, 4) is 0 Å². The normalized spacial score (nSPS) is 26.6. The summed E-state index contributed by atoms with van der Waals surface area (Å²) in [6, 6.07) is 0.453. The molecule has 1 aliphatic heterocycles. The van der Waals surface area contributed by atoms with Gasteiger partial charge in [0.25, 0.3) is 0 Å². The van der Waals surface area contributed by atoms with E-state index in [4.69, 9.17) is 11.6 Å². The van der Waals surface area contributed by atoms with Gasteiger partial charge in [-0.15, -0.1) is 0 Å². The molecule has 1 saturated carbocycles. The quantitative estimate of drug-likeness (QED) is 0.747. The van der Waals surface area contributed by atoms with E-state index in [1.54, 1.807) is 18.1 Å². The lowest BCUT2D eigenvalue weighted by atomic mass is 10.1. The van der Waals surface area contributed by atoms with Crippen LogP contribution in [0.2, 0.25) is 5.28 Å². The zero-order chi connectivity index (χ0) is 14.3. The Balaban J connectivity index is 2.01. The summed E-state index contributed by atoms with van der Waals surface area (Å²) >= 11 is 5.96. The molecule has 0 aromatic carbocycles. The van der Waals surface area contributed by atoms with Gasteiger partial charge in [0.05, 0.1) is 6.20 Å². The lowest BCUT2D eigenvalue weighted by Gasteiger charge is -2.30. The summed E-state index contributed by atoms with van der Waals surface area (Å²) in [5.41, 5.74) is 0.761. The predicted octanol–water partition coefficient (Wildman–Crippen LogP) is 2.49. The van der Waals surface area contributed by atoms with Crippen molar-refractivity contribution in [3.63, 3.8) is 0 Å². The molecular formula is C14H19ClN4O. The summed E-state index contributed by atoms with van der Waals surface area (Å²) in [5.74, 6) is 1.64. The van der Waals surface area contributed by atoms with Gasteiger partial charge in [-0.3, -0.25) is 4.79 Å². The first kappa shape index (κ1) is 13.6. The van der Waals surface area contributed by atoms with Crippen LogP contribution in [0.25, 0.3) is 0 Å². The predicted molar refractivity (Wildman–Crippen MR) is 79.2 cm³/mol. The van der Waals surface area contributed by atoms with Gasteiger partial charge < -0.3 is 9.80 Å². The van der Waals surface area contributed by atoms with Crippen LogP contribution < -0.4 is 9.80 Å². The Kier molecular flexibility index (Phi) is 3.54. The van der Waals surface area contributed by atoms with Crippen molar-refractivity contribution in [1.29, 1.82) is 0 Å². The molecule has 1 aliphatic carbocycles. The lowest BCUT2D eigenvalue weighted by molar-refractivity contribution is -0.118. The van der Waals surface area contributed by atoms with Crippen LogP contribution >= 0.6 is 11.6 Å². The molecule has 1 fully saturated rings. The number of amides is 1. The van der Waals surface area contributed by atoms with E-state index >= 15 is 0 Å². The SMILES string of the molecule is CC1CCC(N2CCC(=O)N(C)c3cnc(Cl)nc32)C1. The van der Waals surface area contributed by atoms with Crippen LogP contribution in [0.4, 0.5) is 11.5 Å². The minimum absolute atomic E-state index is 0.103. The summed E-state index contributed by atoms with van der Waals surface area (Å²) in [7, 11) is 1.78. The molecule has 3 rings (SSSR count). The molecule has 1 aromatic rings. The van der Waals surface area contributed by atoms with Crippen molar-refractivity contribution in [2.24, 2.45) is 5.92 Å². The van der Waals surface area contributed by atoms with Crippen molar-refractivity contribution in [1.82, 2.24) is 9.97 Å². The summed E-state index contributed by atoms with van der Waals surface area (Å²) in [6.07, 6.45) is 5.70. The van der Waals surface area contributed by atoms with Crippen molar-refractivity contribution < 1.29 is 4.79 Å². The molecule has 0 bridgehead atoms. The van der Waals surface area contributed by atoms with Crippen molar-refractivity contribution in [2.45, 2.75) is 38.6 Å². The molecule has 1 amide bonds. The van der Waals surface area contributed by atoms with Crippen LogP contribution in [0.15, 0.2) is 6.20 Å². The summed E-state index contributed by atoms with van der Waals surface area (Å²) in [5, 5.41) is 0.238. The van der Waals surface area contributed by atoms with Gasteiger partial charge in [-0.1, -0.05) is 6.92 Å². The maximum Gasteiger partial charge on any atom is 0.228 e. The monoisotopic (exact) mass is 294 g/mol. The first-order chi connectivity index (χ1) is 9.56. The van der Waals surface area contributed by atoms with Crippen LogP contribution in [0, 0.1) is 5.92 Å². The topological polar surface area (TPSA) is 49.3 Å². The third-order valence-electron chi connectivity index (χ3n) is 4.40. The standard InChI is InChI=1S/C14H19ClN4O/c1-9-3-4-10(7-9)19-6-5-12(20)18(2)11-8-16-14(15)17-13(11)19/h8-10H,3-7H2,1-2H3. The smallest absolute Gasteiger partial charge is 0.228 e. The number of nitrogens with zero attached hydrogens (tertiary/aromatic N) is 4. The molecule has 0 N–H and O–H groups in total. The van der Waals surface area contributed by atoms with Gasteiger partial charge >= 0.3 is 0 Å². The number of carbonyl (C=O) groups is 1. The number of anilines is 2. The molecule has 108 valence electrons. The van der Waals surface area contributed by atoms with Gasteiger partial charge in [-0.25, -0.2) is 4.98 Å². The van der Waals surface area contributed by atoms with Crippen LogP contribution in [-0.2, 0) is 4.79 Å². The lowest BCUT2D eigenvalue weighted by Crippen LogP contribution is -2.35. The third-order valence-corrected chi connectivity index (χ3v) is 4.58. The molecular weight excluding hydrogens is 276 g/mol. The van der Waals surface area contributed by atoms with Gasteiger partial charge in [-0.05, 0) is 36.8 Å². The van der Waals surface area contributed by atoms with Crippen molar-refractivity contribution in [3.05, 3.63) is 11.5 Å². The molecule has 1 aromatic heterocycles. The van der Waals surface area contributed by atoms with Gasteiger partial charge in [-0.2, -0.15) is 4.98 Å². The number of fused-ring (bicyclic) bond motifs is 1. The van der Waals surface area contributed by atoms with Crippen LogP contribution in [0.3, 0.4) is 0 Å². The molecule has 6 heteroatoms. The van der Waals surface area contributed by atoms with E-state index < -0.39 is 0 Å². The number of rotatable bonds is 1. The molecule has 2 unspecified atom stereocenters. The van der Waals surface area contributed by atoms with Crippen LogP contribution in [0.1, 0.15) is 32.6 Å². The summed E-state index contributed by atoms with van der Waals surface area (Å²) < 4.78 is 0. The van der Waals surface area contributed by atoms with E-state index in [1.807, 2.05) is 0 Å². The first-order valence-electron chi connectivity index (χ1n) is 7.12. The Morgan fingerprint density at radius 2 is 2.20 bits per heavy atom. The Bertz CT molecular complexity index is 536. The van der Waals surface area contributed by atoms with E-state index in [9.17, 15) is 4.79 Å². The minimum Gasteiger partial charge on any atom is -0.351 e. The van der Waals surface area contributed by atoms with E-state index in [1.165, 1.54) is 6.42 Å². The molecule has 0 radical (unpaired) electrons. The number of hydrogen-bond donors (Lipinski definition) is 0. The Morgan fingerprint density at radius 3 is 2.90 bits per heavy atom. The number of carbonyl (C=O) groups excluding carboxylic acids is 1. The molecule has 20 heavy (non-hydrogen) atoms. The van der Waals surface area contributed by atoms with E-state index in [0.717, 1.165) is 30.3 Å².